The van der Waals surface area contributed by atoms with Crippen molar-refractivity contribution in [3.05, 3.63) is 80.8 Å². The molecular weight excluding hydrogens is 499 g/mol. The van der Waals surface area contributed by atoms with E-state index in [2.05, 4.69) is 10.1 Å². The van der Waals surface area contributed by atoms with Crippen molar-refractivity contribution in [2.75, 3.05) is 4.90 Å². The van der Waals surface area contributed by atoms with Gasteiger partial charge in [-0.15, -0.1) is 0 Å². The van der Waals surface area contributed by atoms with Gasteiger partial charge in [-0.1, -0.05) is 23.2 Å². The first-order valence-corrected chi connectivity index (χ1v) is 10.3. The summed E-state index contributed by atoms with van der Waals surface area (Å²) in [5.74, 6) is -2.40. The Morgan fingerprint density at radius 2 is 1.74 bits per heavy atom. The SMILES string of the molecule is Cc1nn(-c2ccc(Cl)cc2F)c2ncc3c(c12)C(=O)N(c1ccc(Cl)c(C(F)(F)F)c1)C3=O. The van der Waals surface area contributed by atoms with Crippen molar-refractivity contribution in [1.82, 2.24) is 14.8 Å². The second-order valence-corrected chi connectivity index (χ2v) is 8.29. The van der Waals surface area contributed by atoms with Crippen molar-refractivity contribution in [2.45, 2.75) is 13.1 Å². The molecule has 4 aromatic rings. The molecule has 0 aliphatic carbocycles. The molecular formula is C22H10Cl2F4N4O2. The Hall–Kier alpha value is -3.50. The number of carbonyl (C=O) groups excluding carboxylic acids is 2. The maximum atomic E-state index is 14.5. The third-order valence-electron chi connectivity index (χ3n) is 5.37. The van der Waals surface area contributed by atoms with Crippen LogP contribution in [0.5, 0.6) is 0 Å². The molecule has 12 heteroatoms. The van der Waals surface area contributed by atoms with Crippen LogP contribution in [0.25, 0.3) is 16.7 Å². The predicted octanol–water partition coefficient (Wildman–Crippen LogP) is 5.99. The third kappa shape index (κ3) is 3.24. The molecule has 0 unspecified atom stereocenters. The fourth-order valence-corrected chi connectivity index (χ4v) is 4.27. The van der Waals surface area contributed by atoms with Gasteiger partial charge in [-0.25, -0.2) is 19.0 Å². The third-order valence-corrected chi connectivity index (χ3v) is 5.94. The summed E-state index contributed by atoms with van der Waals surface area (Å²) in [5.41, 5.74) is -1.32. The molecule has 0 radical (unpaired) electrons. The topological polar surface area (TPSA) is 68.1 Å². The number of aromatic nitrogens is 3. The van der Waals surface area contributed by atoms with Gasteiger partial charge < -0.3 is 0 Å². The molecule has 0 saturated carbocycles. The number of fused-ring (bicyclic) bond motifs is 3. The maximum Gasteiger partial charge on any atom is 0.417 e. The van der Waals surface area contributed by atoms with Crippen molar-refractivity contribution in [3.8, 4) is 5.69 Å². The lowest BCUT2D eigenvalue weighted by atomic mass is 10.1. The Morgan fingerprint density at radius 1 is 1.00 bits per heavy atom. The second-order valence-electron chi connectivity index (χ2n) is 7.45. The van der Waals surface area contributed by atoms with Gasteiger partial charge >= 0.3 is 6.18 Å². The molecule has 34 heavy (non-hydrogen) atoms. The number of aryl methyl sites for hydroxylation is 1. The largest absolute Gasteiger partial charge is 0.417 e. The first-order valence-electron chi connectivity index (χ1n) is 9.58. The molecule has 0 bridgehead atoms. The summed E-state index contributed by atoms with van der Waals surface area (Å²) >= 11 is 11.5. The molecule has 2 aromatic carbocycles. The fraction of sp³-hybridized carbons (Fsp3) is 0.0909. The van der Waals surface area contributed by atoms with Crippen molar-refractivity contribution in [3.63, 3.8) is 0 Å². The van der Waals surface area contributed by atoms with E-state index in [0.717, 1.165) is 24.4 Å². The normalized spacial score (nSPS) is 13.8. The quantitative estimate of drug-likeness (QED) is 0.246. The molecule has 172 valence electrons. The van der Waals surface area contributed by atoms with Crippen LogP contribution in [0.4, 0.5) is 23.2 Å². The molecule has 2 aromatic heterocycles. The van der Waals surface area contributed by atoms with Gasteiger partial charge in [-0.3, -0.25) is 9.59 Å². The lowest BCUT2D eigenvalue weighted by Crippen LogP contribution is -2.29. The number of carbonyl (C=O) groups is 2. The van der Waals surface area contributed by atoms with Gasteiger partial charge in [0.25, 0.3) is 11.8 Å². The van der Waals surface area contributed by atoms with Crippen LogP contribution in [0.3, 0.4) is 0 Å². The number of nitrogens with zero attached hydrogens (tertiary/aromatic N) is 4. The van der Waals surface area contributed by atoms with Crippen LogP contribution >= 0.6 is 23.2 Å². The van der Waals surface area contributed by atoms with E-state index in [-0.39, 0.29) is 44.3 Å². The molecule has 5 rings (SSSR count). The minimum atomic E-state index is -4.79. The van der Waals surface area contributed by atoms with E-state index < -0.39 is 34.4 Å². The van der Waals surface area contributed by atoms with Crippen molar-refractivity contribution in [1.29, 1.82) is 0 Å². The molecule has 1 aliphatic rings. The summed E-state index contributed by atoms with van der Waals surface area (Å²) in [4.78, 5) is 31.2. The van der Waals surface area contributed by atoms with Gasteiger partial charge in [0.15, 0.2) is 5.65 Å². The van der Waals surface area contributed by atoms with Gasteiger partial charge in [0.05, 0.1) is 38.5 Å². The number of imide groups is 1. The molecule has 0 spiro atoms. The van der Waals surface area contributed by atoms with E-state index in [1.165, 1.54) is 16.8 Å². The number of rotatable bonds is 2. The average molecular weight is 509 g/mol. The Bertz CT molecular complexity index is 1550. The van der Waals surface area contributed by atoms with Crippen LogP contribution in [0, 0.1) is 12.7 Å². The number of hydrogen-bond acceptors (Lipinski definition) is 4. The van der Waals surface area contributed by atoms with Crippen molar-refractivity contribution in [2.24, 2.45) is 0 Å². The molecule has 1 aliphatic heterocycles. The predicted molar refractivity (Wildman–Crippen MR) is 116 cm³/mol. The summed E-state index contributed by atoms with van der Waals surface area (Å²) in [6.07, 6.45) is -3.68. The highest BCUT2D eigenvalue weighted by molar-refractivity contribution is 6.38. The standard InChI is InChI=1S/C22H10Cl2F4N4O2/c1-9-17-18-12(8-29-19(17)32(30-9)16-5-2-10(23)6-15(16)25)20(33)31(21(18)34)11-3-4-14(24)13(7-11)22(26,27)28/h2-8H,1H3. The van der Waals surface area contributed by atoms with E-state index in [0.29, 0.717) is 11.0 Å². The smallest absolute Gasteiger partial charge is 0.268 e. The molecule has 0 N–H and O–H groups in total. The number of benzene rings is 2. The van der Waals surface area contributed by atoms with Crippen LogP contribution in [0.2, 0.25) is 10.0 Å². The number of anilines is 1. The first-order chi connectivity index (χ1) is 16.0. The van der Waals surface area contributed by atoms with Crippen LogP contribution in [-0.2, 0) is 6.18 Å². The summed E-state index contributed by atoms with van der Waals surface area (Å²) < 4.78 is 55.7. The molecule has 0 saturated heterocycles. The summed E-state index contributed by atoms with van der Waals surface area (Å²) in [6, 6.07) is 6.65. The van der Waals surface area contributed by atoms with Gasteiger partial charge in [0, 0.05) is 11.2 Å². The van der Waals surface area contributed by atoms with E-state index in [4.69, 9.17) is 23.2 Å². The number of halogens is 6. The summed E-state index contributed by atoms with van der Waals surface area (Å²) in [7, 11) is 0. The lowest BCUT2D eigenvalue weighted by Gasteiger charge is -2.17. The zero-order chi connectivity index (χ0) is 24.5. The Kier molecular flexibility index (Phi) is 4.92. The first kappa shape index (κ1) is 22.3. The number of pyridine rings is 1. The van der Waals surface area contributed by atoms with E-state index in [1.807, 2.05) is 0 Å². The second kappa shape index (κ2) is 7.51. The van der Waals surface area contributed by atoms with Crippen LogP contribution in [-0.4, -0.2) is 26.6 Å². The van der Waals surface area contributed by atoms with Crippen LogP contribution < -0.4 is 4.90 Å². The summed E-state index contributed by atoms with van der Waals surface area (Å²) in [6.45, 7) is 1.54. The number of hydrogen-bond donors (Lipinski definition) is 0. The highest BCUT2D eigenvalue weighted by atomic mass is 35.5. The molecule has 0 atom stereocenters. The van der Waals surface area contributed by atoms with Gasteiger partial charge in [-0.05, 0) is 43.3 Å². The molecule has 6 nitrogen and oxygen atoms in total. The Morgan fingerprint density at radius 3 is 2.41 bits per heavy atom. The average Bonchev–Trinajstić information content (AvgIpc) is 3.22. The van der Waals surface area contributed by atoms with Crippen LogP contribution in [0.15, 0.2) is 42.6 Å². The highest BCUT2D eigenvalue weighted by Crippen LogP contribution is 2.40. The fourth-order valence-electron chi connectivity index (χ4n) is 3.89. The highest BCUT2D eigenvalue weighted by Gasteiger charge is 2.41. The monoisotopic (exact) mass is 508 g/mol. The summed E-state index contributed by atoms with van der Waals surface area (Å²) in [5, 5.41) is 4.04. The van der Waals surface area contributed by atoms with E-state index in [9.17, 15) is 27.2 Å². The minimum Gasteiger partial charge on any atom is -0.268 e. The number of alkyl halides is 3. The van der Waals surface area contributed by atoms with Crippen molar-refractivity contribution < 1.29 is 27.2 Å². The zero-order valence-electron chi connectivity index (χ0n) is 16.9. The molecule has 0 fully saturated rings. The van der Waals surface area contributed by atoms with Gasteiger partial charge in [0.2, 0.25) is 0 Å². The maximum absolute atomic E-state index is 14.5. The zero-order valence-corrected chi connectivity index (χ0v) is 18.4. The lowest BCUT2D eigenvalue weighted by molar-refractivity contribution is -0.137. The Labute approximate surface area is 198 Å². The Balaban J connectivity index is 1.68. The van der Waals surface area contributed by atoms with E-state index >= 15 is 0 Å². The molecule has 3 heterocycles. The van der Waals surface area contributed by atoms with Gasteiger partial charge in [0.1, 0.15) is 11.5 Å². The molecule has 2 amide bonds. The minimum absolute atomic E-state index is 0.0103. The van der Waals surface area contributed by atoms with E-state index in [1.54, 1.807) is 6.92 Å². The van der Waals surface area contributed by atoms with Crippen LogP contribution in [0.1, 0.15) is 32.0 Å². The number of amides is 2. The van der Waals surface area contributed by atoms with Crippen molar-refractivity contribution >= 4 is 51.7 Å². The van der Waals surface area contributed by atoms with Gasteiger partial charge in [-0.2, -0.15) is 18.3 Å².